The van der Waals surface area contributed by atoms with E-state index in [4.69, 9.17) is 21.1 Å². The number of nitrogens with zero attached hydrogens (tertiary/aromatic N) is 3. The van der Waals surface area contributed by atoms with Gasteiger partial charge in [-0.1, -0.05) is 17.7 Å². The van der Waals surface area contributed by atoms with Crippen LogP contribution < -0.4 is 14.5 Å². The van der Waals surface area contributed by atoms with Gasteiger partial charge in [0.2, 0.25) is 10.0 Å². The van der Waals surface area contributed by atoms with E-state index in [0.29, 0.717) is 53.9 Å². The molecule has 0 atom stereocenters. The Hall–Kier alpha value is -3.15. The Morgan fingerprint density at radius 2 is 1.89 bits per heavy atom. The molecule has 1 N–H and O–H groups in total. The minimum absolute atomic E-state index is 0.0631. The number of hydrogen-bond donors (Lipinski definition) is 1. The van der Waals surface area contributed by atoms with Gasteiger partial charge in [-0.15, -0.1) is 0 Å². The standard InChI is InChI=1S/C23H27ClN4O6S/c1-17-3-6-19(24)13-21(17)28(35(2,31)32)15-22(29)26-25-14-18-4-7-20(8-5-18)34-16-23(30)27-9-11-33-12-10-27/h3-8,13-14H,9-12,15-16H2,1-2H3,(H,26,29)/b25-14-. The number of carbonyl (C=O) groups excluding carboxylic acids is 2. The Kier molecular flexibility index (Phi) is 9.07. The van der Waals surface area contributed by atoms with E-state index in [1.807, 2.05) is 0 Å². The van der Waals surface area contributed by atoms with Crippen LogP contribution >= 0.6 is 11.6 Å². The van der Waals surface area contributed by atoms with Crippen LogP contribution in [0.5, 0.6) is 5.75 Å². The van der Waals surface area contributed by atoms with Gasteiger partial charge < -0.3 is 14.4 Å². The van der Waals surface area contributed by atoms with Crippen molar-refractivity contribution in [2.24, 2.45) is 5.10 Å². The summed E-state index contributed by atoms with van der Waals surface area (Å²) in [7, 11) is -3.74. The summed E-state index contributed by atoms with van der Waals surface area (Å²) in [6, 6.07) is 11.6. The number of halogens is 1. The summed E-state index contributed by atoms with van der Waals surface area (Å²) in [5.74, 6) is -0.195. The first-order valence-corrected chi connectivity index (χ1v) is 13.0. The largest absolute Gasteiger partial charge is 0.484 e. The van der Waals surface area contributed by atoms with Gasteiger partial charge >= 0.3 is 0 Å². The minimum atomic E-state index is -3.74. The number of sulfonamides is 1. The fourth-order valence-corrected chi connectivity index (χ4v) is 4.35. The molecule has 0 spiro atoms. The highest BCUT2D eigenvalue weighted by Gasteiger charge is 2.22. The molecule has 35 heavy (non-hydrogen) atoms. The predicted molar refractivity (Wildman–Crippen MR) is 133 cm³/mol. The van der Waals surface area contributed by atoms with Gasteiger partial charge in [0.15, 0.2) is 6.61 Å². The Labute approximate surface area is 209 Å². The highest BCUT2D eigenvalue weighted by atomic mass is 35.5. The first-order chi connectivity index (χ1) is 16.6. The van der Waals surface area contributed by atoms with Crippen molar-refractivity contribution in [1.29, 1.82) is 0 Å². The zero-order valence-corrected chi connectivity index (χ0v) is 21.0. The van der Waals surface area contributed by atoms with Gasteiger partial charge in [-0.25, -0.2) is 13.8 Å². The molecular formula is C23H27ClN4O6S. The van der Waals surface area contributed by atoms with Gasteiger partial charge in [-0.3, -0.25) is 13.9 Å². The van der Waals surface area contributed by atoms with Crippen LogP contribution in [0.15, 0.2) is 47.6 Å². The number of hydrogen-bond acceptors (Lipinski definition) is 7. The molecule has 2 amide bonds. The van der Waals surface area contributed by atoms with E-state index in [2.05, 4.69) is 10.5 Å². The number of nitrogens with one attached hydrogen (secondary N) is 1. The molecule has 1 fully saturated rings. The molecule has 0 unspecified atom stereocenters. The lowest BCUT2D eigenvalue weighted by Crippen LogP contribution is -2.42. The number of ether oxygens (including phenoxy) is 2. The Morgan fingerprint density at radius 1 is 1.20 bits per heavy atom. The smallest absolute Gasteiger partial charge is 0.260 e. The first kappa shape index (κ1) is 26.5. The number of morpholine rings is 1. The maximum absolute atomic E-state index is 12.4. The van der Waals surface area contributed by atoms with E-state index in [-0.39, 0.29) is 12.5 Å². The molecule has 1 aliphatic rings. The molecule has 0 saturated carbocycles. The van der Waals surface area contributed by atoms with Crippen molar-refractivity contribution in [1.82, 2.24) is 10.3 Å². The van der Waals surface area contributed by atoms with Gasteiger partial charge in [-0.05, 0) is 54.4 Å². The summed E-state index contributed by atoms with van der Waals surface area (Å²) in [5.41, 5.74) is 3.98. The van der Waals surface area contributed by atoms with Crippen molar-refractivity contribution in [3.05, 3.63) is 58.6 Å². The zero-order chi connectivity index (χ0) is 25.4. The molecule has 2 aromatic rings. The van der Waals surface area contributed by atoms with E-state index in [1.54, 1.807) is 48.2 Å². The maximum Gasteiger partial charge on any atom is 0.260 e. The number of anilines is 1. The van der Waals surface area contributed by atoms with Crippen LogP contribution in [0.4, 0.5) is 5.69 Å². The molecule has 12 heteroatoms. The number of rotatable bonds is 9. The molecule has 0 aromatic heterocycles. The number of hydrazone groups is 1. The lowest BCUT2D eigenvalue weighted by molar-refractivity contribution is -0.137. The highest BCUT2D eigenvalue weighted by molar-refractivity contribution is 7.92. The van der Waals surface area contributed by atoms with Gasteiger partial charge in [-0.2, -0.15) is 5.10 Å². The van der Waals surface area contributed by atoms with Crippen molar-refractivity contribution in [2.75, 3.05) is 50.0 Å². The van der Waals surface area contributed by atoms with Gasteiger partial charge in [0.05, 0.1) is 31.4 Å². The molecule has 0 aliphatic carbocycles. The molecule has 0 radical (unpaired) electrons. The summed E-state index contributed by atoms with van der Waals surface area (Å²) in [6.07, 6.45) is 2.43. The van der Waals surface area contributed by atoms with E-state index in [9.17, 15) is 18.0 Å². The lowest BCUT2D eigenvalue weighted by Gasteiger charge is -2.26. The first-order valence-electron chi connectivity index (χ1n) is 10.8. The number of benzene rings is 2. The lowest BCUT2D eigenvalue weighted by atomic mass is 10.2. The third-order valence-corrected chi connectivity index (χ3v) is 6.50. The summed E-state index contributed by atoms with van der Waals surface area (Å²) < 4.78 is 36.3. The average molecular weight is 523 g/mol. The molecule has 1 heterocycles. The zero-order valence-electron chi connectivity index (χ0n) is 19.4. The van der Waals surface area contributed by atoms with Crippen molar-refractivity contribution in [2.45, 2.75) is 6.92 Å². The van der Waals surface area contributed by atoms with Gasteiger partial charge in [0, 0.05) is 18.1 Å². The van der Waals surface area contributed by atoms with Crippen LogP contribution in [0, 0.1) is 6.92 Å². The summed E-state index contributed by atoms with van der Waals surface area (Å²) in [4.78, 5) is 26.2. The van der Waals surface area contributed by atoms with Crippen LogP contribution in [0.3, 0.4) is 0 Å². The number of carbonyl (C=O) groups is 2. The van der Waals surface area contributed by atoms with Crippen LogP contribution in [0.1, 0.15) is 11.1 Å². The Balaban J connectivity index is 1.53. The highest BCUT2D eigenvalue weighted by Crippen LogP contribution is 2.26. The van der Waals surface area contributed by atoms with E-state index in [0.717, 1.165) is 10.6 Å². The average Bonchev–Trinajstić information content (AvgIpc) is 2.83. The van der Waals surface area contributed by atoms with Crippen molar-refractivity contribution in [3.8, 4) is 5.75 Å². The third-order valence-electron chi connectivity index (χ3n) is 5.14. The number of amides is 2. The molecule has 0 bridgehead atoms. The fourth-order valence-electron chi connectivity index (χ4n) is 3.28. The van der Waals surface area contributed by atoms with Crippen LogP contribution in [-0.2, 0) is 24.3 Å². The van der Waals surface area contributed by atoms with Crippen LogP contribution in [-0.4, -0.2) is 77.1 Å². The van der Waals surface area contributed by atoms with Gasteiger partial charge in [0.1, 0.15) is 12.3 Å². The third kappa shape index (κ3) is 7.94. The van der Waals surface area contributed by atoms with Crippen molar-refractivity contribution >= 4 is 45.3 Å². The van der Waals surface area contributed by atoms with Gasteiger partial charge in [0.25, 0.3) is 11.8 Å². The molecule has 3 rings (SSSR count). The summed E-state index contributed by atoms with van der Waals surface area (Å²) in [5, 5.41) is 4.25. The SMILES string of the molecule is Cc1ccc(Cl)cc1N(CC(=O)N/N=C\c1ccc(OCC(=O)N2CCOCC2)cc1)S(C)(=O)=O. The van der Waals surface area contributed by atoms with Crippen LogP contribution in [0.2, 0.25) is 5.02 Å². The van der Waals surface area contributed by atoms with Crippen molar-refractivity contribution in [3.63, 3.8) is 0 Å². The van der Waals surface area contributed by atoms with E-state index in [1.165, 1.54) is 12.3 Å². The van der Waals surface area contributed by atoms with E-state index < -0.39 is 22.5 Å². The topological polar surface area (TPSA) is 118 Å². The summed E-state index contributed by atoms with van der Waals surface area (Å²) in [6.45, 7) is 3.39. The molecule has 188 valence electrons. The second kappa shape index (κ2) is 12.0. The fraction of sp³-hybridized carbons (Fsp3) is 0.348. The molecular weight excluding hydrogens is 496 g/mol. The second-order valence-corrected chi connectivity index (χ2v) is 10.2. The van der Waals surface area contributed by atoms with E-state index >= 15 is 0 Å². The van der Waals surface area contributed by atoms with Crippen molar-refractivity contribution < 1.29 is 27.5 Å². The predicted octanol–water partition coefficient (Wildman–Crippen LogP) is 1.80. The molecule has 2 aromatic carbocycles. The molecule has 10 nitrogen and oxygen atoms in total. The maximum atomic E-state index is 12.4. The molecule has 1 aliphatic heterocycles. The second-order valence-electron chi connectivity index (χ2n) is 7.84. The normalized spacial score (nSPS) is 14.1. The molecule has 1 saturated heterocycles. The Bertz CT molecular complexity index is 1180. The minimum Gasteiger partial charge on any atom is -0.484 e. The van der Waals surface area contributed by atoms with Crippen LogP contribution in [0.25, 0.3) is 0 Å². The summed E-state index contributed by atoms with van der Waals surface area (Å²) >= 11 is 6.00. The number of aryl methyl sites for hydroxylation is 1. The quantitative estimate of drug-likeness (QED) is 0.396. The Morgan fingerprint density at radius 3 is 2.54 bits per heavy atom. The monoisotopic (exact) mass is 522 g/mol.